The highest BCUT2D eigenvalue weighted by Gasteiger charge is 2.18. The molecule has 2 heterocycles. The number of fused-ring (bicyclic) bond motifs is 1. The first-order valence-corrected chi connectivity index (χ1v) is 9.98. The number of ether oxygens (including phenoxy) is 1. The van der Waals surface area contributed by atoms with E-state index in [9.17, 15) is 4.39 Å². The van der Waals surface area contributed by atoms with Crippen LogP contribution in [0, 0.1) is 5.82 Å². The van der Waals surface area contributed by atoms with Crippen molar-refractivity contribution in [1.29, 1.82) is 0 Å². The lowest BCUT2D eigenvalue weighted by atomic mass is 10.2. The van der Waals surface area contributed by atoms with E-state index in [1.807, 2.05) is 13.1 Å². The molecule has 8 heteroatoms. The van der Waals surface area contributed by atoms with Crippen molar-refractivity contribution in [3.63, 3.8) is 0 Å². The monoisotopic (exact) mass is 425 g/mol. The van der Waals surface area contributed by atoms with Crippen molar-refractivity contribution in [3.8, 4) is 17.1 Å². The van der Waals surface area contributed by atoms with Gasteiger partial charge in [0.15, 0.2) is 11.6 Å². The third-order valence-electron chi connectivity index (χ3n) is 4.76. The Bertz CT molecular complexity index is 1210. The smallest absolute Gasteiger partial charge is 0.162 e. The van der Waals surface area contributed by atoms with Crippen LogP contribution in [0.4, 0.5) is 15.9 Å². The normalized spacial score (nSPS) is 11.1. The van der Waals surface area contributed by atoms with Gasteiger partial charge in [0.25, 0.3) is 0 Å². The van der Waals surface area contributed by atoms with E-state index in [-0.39, 0.29) is 5.82 Å². The number of nitrogens with zero attached hydrogens (tertiary/aromatic N) is 4. The van der Waals surface area contributed by atoms with E-state index in [0.29, 0.717) is 22.4 Å². The number of rotatable bonds is 6. The molecule has 0 saturated heterocycles. The zero-order valence-corrected chi connectivity index (χ0v) is 17.7. The molecular weight excluding hydrogens is 405 g/mol. The Morgan fingerprint density at radius 1 is 1.13 bits per heavy atom. The van der Waals surface area contributed by atoms with Crippen LogP contribution in [0.25, 0.3) is 22.4 Å². The predicted molar refractivity (Wildman–Crippen MR) is 117 cm³/mol. The third kappa shape index (κ3) is 3.80. The van der Waals surface area contributed by atoms with Crippen molar-refractivity contribution in [2.24, 2.45) is 7.05 Å². The second kappa shape index (κ2) is 8.28. The zero-order valence-electron chi connectivity index (χ0n) is 16.9. The Kier molecular flexibility index (Phi) is 5.55. The number of halogens is 2. The van der Waals surface area contributed by atoms with Gasteiger partial charge in [-0.05, 0) is 48.9 Å². The van der Waals surface area contributed by atoms with Gasteiger partial charge in [0.2, 0.25) is 0 Å². The van der Waals surface area contributed by atoms with E-state index in [2.05, 4.69) is 17.3 Å². The summed E-state index contributed by atoms with van der Waals surface area (Å²) in [6.45, 7) is 2.10. The zero-order chi connectivity index (χ0) is 21.3. The average Bonchev–Trinajstić information content (AvgIpc) is 3.04. The van der Waals surface area contributed by atoms with Crippen LogP contribution in [0.2, 0.25) is 5.02 Å². The minimum atomic E-state index is -0.306. The summed E-state index contributed by atoms with van der Waals surface area (Å²) in [4.78, 5) is 9.48. The largest absolute Gasteiger partial charge is 0.495 e. The minimum absolute atomic E-state index is 0.306. The van der Waals surface area contributed by atoms with Crippen LogP contribution in [0.3, 0.4) is 0 Å². The molecule has 0 unspecified atom stereocenters. The van der Waals surface area contributed by atoms with E-state index in [0.717, 1.165) is 40.8 Å². The number of nitrogens with one attached hydrogen (secondary N) is 1. The maximum atomic E-state index is 13.4. The summed E-state index contributed by atoms with van der Waals surface area (Å²) >= 11 is 6.28. The summed E-state index contributed by atoms with van der Waals surface area (Å²) in [5.74, 6) is 1.37. The van der Waals surface area contributed by atoms with Gasteiger partial charge in [-0.15, -0.1) is 0 Å². The SMILES string of the molecule is CCCc1nn(C)c2c(Nc3ccc(OC)c(Cl)c3)nc(-c3ccc(F)cc3)nc12. The van der Waals surface area contributed by atoms with Crippen LogP contribution in [0.15, 0.2) is 42.5 Å². The number of methoxy groups -OCH3 is 1. The van der Waals surface area contributed by atoms with Gasteiger partial charge in [-0.2, -0.15) is 5.10 Å². The molecule has 0 amide bonds. The molecule has 0 radical (unpaired) electrons. The number of anilines is 2. The highest BCUT2D eigenvalue weighted by atomic mass is 35.5. The summed E-state index contributed by atoms with van der Waals surface area (Å²) in [6.07, 6.45) is 1.74. The van der Waals surface area contributed by atoms with E-state index >= 15 is 0 Å². The number of benzene rings is 2. The molecule has 4 rings (SSSR count). The molecule has 0 aliphatic heterocycles. The van der Waals surface area contributed by atoms with Crippen molar-refractivity contribution in [2.75, 3.05) is 12.4 Å². The first-order chi connectivity index (χ1) is 14.5. The van der Waals surface area contributed by atoms with Crippen LogP contribution in [-0.2, 0) is 13.5 Å². The molecule has 0 bridgehead atoms. The molecule has 2 aromatic carbocycles. The lowest BCUT2D eigenvalue weighted by Gasteiger charge is -2.11. The fourth-order valence-corrected chi connectivity index (χ4v) is 3.60. The van der Waals surface area contributed by atoms with Gasteiger partial charge >= 0.3 is 0 Å². The first-order valence-electron chi connectivity index (χ1n) is 9.60. The lowest BCUT2D eigenvalue weighted by molar-refractivity contribution is 0.415. The molecular formula is C22H21ClFN5O. The molecule has 1 N–H and O–H groups in total. The van der Waals surface area contributed by atoms with Crippen molar-refractivity contribution in [2.45, 2.75) is 19.8 Å². The Labute approximate surface area is 178 Å². The van der Waals surface area contributed by atoms with Crippen molar-refractivity contribution in [3.05, 3.63) is 59.0 Å². The quantitative estimate of drug-likeness (QED) is 0.440. The molecule has 0 saturated carbocycles. The molecule has 0 atom stereocenters. The van der Waals surface area contributed by atoms with E-state index in [1.54, 1.807) is 36.1 Å². The van der Waals surface area contributed by atoms with Gasteiger partial charge in [-0.3, -0.25) is 4.68 Å². The summed E-state index contributed by atoms with van der Waals surface area (Å²) in [6, 6.07) is 11.6. The second-order valence-corrected chi connectivity index (χ2v) is 7.30. The first kappa shape index (κ1) is 20.1. The number of aryl methyl sites for hydroxylation is 2. The van der Waals surface area contributed by atoms with Gasteiger partial charge in [0.1, 0.15) is 22.6 Å². The number of hydrogen-bond donors (Lipinski definition) is 1. The van der Waals surface area contributed by atoms with E-state index in [4.69, 9.17) is 26.3 Å². The minimum Gasteiger partial charge on any atom is -0.495 e. The van der Waals surface area contributed by atoms with E-state index < -0.39 is 0 Å². The topological polar surface area (TPSA) is 64.9 Å². The summed E-state index contributed by atoms with van der Waals surface area (Å²) < 4.78 is 20.4. The van der Waals surface area contributed by atoms with Gasteiger partial charge in [-0.1, -0.05) is 24.9 Å². The van der Waals surface area contributed by atoms with Crippen LogP contribution < -0.4 is 10.1 Å². The third-order valence-corrected chi connectivity index (χ3v) is 5.05. The fraction of sp³-hybridized carbons (Fsp3) is 0.227. The van der Waals surface area contributed by atoms with E-state index in [1.165, 1.54) is 12.1 Å². The molecule has 0 aliphatic carbocycles. The molecule has 0 aliphatic rings. The molecule has 4 aromatic rings. The van der Waals surface area contributed by atoms with Gasteiger partial charge < -0.3 is 10.1 Å². The predicted octanol–water partition coefficient (Wildman–Crippen LogP) is 5.53. The lowest BCUT2D eigenvalue weighted by Crippen LogP contribution is -2.02. The summed E-state index contributed by atoms with van der Waals surface area (Å²) in [5, 5.41) is 8.46. The maximum absolute atomic E-state index is 13.4. The highest BCUT2D eigenvalue weighted by molar-refractivity contribution is 6.32. The maximum Gasteiger partial charge on any atom is 0.162 e. The summed E-state index contributed by atoms with van der Waals surface area (Å²) in [7, 11) is 3.44. The van der Waals surface area contributed by atoms with Crippen LogP contribution in [0.1, 0.15) is 19.0 Å². The summed E-state index contributed by atoms with van der Waals surface area (Å²) in [5.41, 5.74) is 3.94. The Morgan fingerprint density at radius 3 is 2.57 bits per heavy atom. The van der Waals surface area contributed by atoms with Crippen molar-refractivity contribution < 1.29 is 9.13 Å². The van der Waals surface area contributed by atoms with Crippen LogP contribution in [-0.4, -0.2) is 26.9 Å². The van der Waals surface area contributed by atoms with Gasteiger partial charge in [0, 0.05) is 18.3 Å². The van der Waals surface area contributed by atoms with Gasteiger partial charge in [0.05, 0.1) is 17.8 Å². The van der Waals surface area contributed by atoms with Crippen molar-refractivity contribution in [1.82, 2.24) is 19.7 Å². The Morgan fingerprint density at radius 2 is 1.90 bits per heavy atom. The highest BCUT2D eigenvalue weighted by Crippen LogP contribution is 2.32. The standard InChI is InChI=1S/C22H21ClFN5O/c1-4-5-17-19-20(29(2)28-17)22(25-15-10-11-18(30-3)16(23)12-15)27-21(26-19)13-6-8-14(24)9-7-13/h6-12H,4-5H2,1-3H3,(H,25,26,27). The average molecular weight is 426 g/mol. The molecule has 154 valence electrons. The fourth-order valence-electron chi connectivity index (χ4n) is 3.34. The second-order valence-electron chi connectivity index (χ2n) is 6.89. The Balaban J connectivity index is 1.87. The van der Waals surface area contributed by atoms with Crippen LogP contribution >= 0.6 is 11.6 Å². The van der Waals surface area contributed by atoms with Crippen LogP contribution in [0.5, 0.6) is 5.75 Å². The molecule has 0 spiro atoms. The number of hydrogen-bond acceptors (Lipinski definition) is 5. The molecule has 30 heavy (non-hydrogen) atoms. The molecule has 6 nitrogen and oxygen atoms in total. The van der Waals surface area contributed by atoms with Crippen molar-refractivity contribution >= 4 is 34.1 Å². The van der Waals surface area contributed by atoms with Gasteiger partial charge in [-0.25, -0.2) is 14.4 Å². The molecule has 2 aromatic heterocycles. The molecule has 0 fully saturated rings. The Hall–Kier alpha value is -3.19. The number of aromatic nitrogens is 4.